The maximum atomic E-state index is 9.07. The van der Waals surface area contributed by atoms with Crippen LogP contribution in [0.15, 0.2) is 0 Å². The van der Waals surface area contributed by atoms with Gasteiger partial charge in [-0.1, -0.05) is 0 Å². The first-order chi connectivity index (χ1) is 2.41. The molecule has 0 atom stereocenters. The van der Waals surface area contributed by atoms with Gasteiger partial charge in [0.2, 0.25) is 6.41 Å². The summed E-state index contributed by atoms with van der Waals surface area (Å²) in [5.74, 6) is 0. The zero-order valence-corrected chi connectivity index (χ0v) is 2.43. The van der Waals surface area contributed by atoms with Crippen molar-refractivity contribution in [1.82, 2.24) is 5.32 Å². The van der Waals surface area contributed by atoms with E-state index in [-0.39, 0.29) is 29.6 Å². The molecule has 0 aromatic carbocycles. The SMILES string of the molecule is N#CNC=O.[NaH]. The molecule has 3 nitrogen and oxygen atoms in total. The van der Waals surface area contributed by atoms with Crippen molar-refractivity contribution >= 4 is 36.0 Å². The van der Waals surface area contributed by atoms with Gasteiger partial charge in [-0.25, -0.2) is 0 Å². The molecule has 0 aliphatic heterocycles. The van der Waals surface area contributed by atoms with Crippen molar-refractivity contribution in [2.75, 3.05) is 0 Å². The standard InChI is InChI=1S/C2H2N2O.Na.H/c3-1-4-2-5;;/h2H,(H,4,5);;. The summed E-state index contributed by atoms with van der Waals surface area (Å²) in [5.41, 5.74) is 0. The molecule has 0 aromatic rings. The first-order valence-corrected chi connectivity index (χ1v) is 0.998. The van der Waals surface area contributed by atoms with Gasteiger partial charge in [0.05, 0.1) is 0 Å². The molecule has 0 radical (unpaired) electrons. The van der Waals surface area contributed by atoms with Crippen molar-refractivity contribution in [2.45, 2.75) is 0 Å². The molecule has 0 fully saturated rings. The fraction of sp³-hybridized carbons (Fsp3) is 0. The van der Waals surface area contributed by atoms with E-state index in [9.17, 15) is 0 Å². The number of hydrogen-bond acceptors (Lipinski definition) is 2. The van der Waals surface area contributed by atoms with Crippen LogP contribution in [-0.2, 0) is 4.79 Å². The van der Waals surface area contributed by atoms with E-state index in [2.05, 4.69) is 0 Å². The van der Waals surface area contributed by atoms with Crippen molar-refractivity contribution < 1.29 is 4.79 Å². The topological polar surface area (TPSA) is 52.9 Å². The molecule has 0 rings (SSSR count). The summed E-state index contributed by atoms with van der Waals surface area (Å²) in [4.78, 5) is 9.07. The van der Waals surface area contributed by atoms with Gasteiger partial charge in [0.15, 0.2) is 6.19 Å². The number of amides is 1. The third kappa shape index (κ3) is 9.03. The van der Waals surface area contributed by atoms with Gasteiger partial charge in [-0.05, 0) is 0 Å². The fourth-order valence-corrected chi connectivity index (χ4v) is 0.0264. The molecule has 0 saturated heterocycles. The van der Waals surface area contributed by atoms with Gasteiger partial charge in [0, 0.05) is 0 Å². The molecular weight excluding hydrogens is 91.0 g/mol. The molecule has 0 aliphatic carbocycles. The van der Waals surface area contributed by atoms with Gasteiger partial charge in [-0.2, -0.15) is 5.26 Å². The van der Waals surface area contributed by atoms with E-state index >= 15 is 0 Å². The van der Waals surface area contributed by atoms with E-state index in [1.54, 1.807) is 5.32 Å². The van der Waals surface area contributed by atoms with Gasteiger partial charge >= 0.3 is 29.6 Å². The normalized spacial score (nSPS) is 3.83. The van der Waals surface area contributed by atoms with Crippen molar-refractivity contribution in [3.05, 3.63) is 0 Å². The Balaban J connectivity index is 0. The number of rotatable bonds is 1. The molecule has 0 bridgehead atoms. The Bertz CT molecular complexity index is 66.4. The van der Waals surface area contributed by atoms with Crippen LogP contribution in [0.4, 0.5) is 0 Å². The third-order valence-electron chi connectivity index (χ3n) is 0.123. The van der Waals surface area contributed by atoms with Crippen LogP contribution in [0.3, 0.4) is 0 Å². The second-order valence-electron chi connectivity index (χ2n) is 0.374. The predicted octanol–water partition coefficient (Wildman–Crippen LogP) is -1.44. The molecular formula is C2H3N2NaO. The summed E-state index contributed by atoms with van der Waals surface area (Å²) < 4.78 is 0. The van der Waals surface area contributed by atoms with E-state index in [0.29, 0.717) is 6.41 Å². The molecule has 0 spiro atoms. The molecule has 28 valence electrons. The predicted molar refractivity (Wildman–Crippen MR) is 22.0 cm³/mol. The van der Waals surface area contributed by atoms with Gasteiger partial charge in [-0.15, -0.1) is 0 Å². The quantitative estimate of drug-likeness (QED) is 0.187. The Labute approximate surface area is 57.6 Å². The minimum absolute atomic E-state index is 0. The van der Waals surface area contributed by atoms with E-state index in [0.717, 1.165) is 0 Å². The van der Waals surface area contributed by atoms with Crippen LogP contribution >= 0.6 is 0 Å². The van der Waals surface area contributed by atoms with E-state index in [1.165, 1.54) is 6.19 Å². The van der Waals surface area contributed by atoms with Crippen LogP contribution < -0.4 is 5.32 Å². The zero-order chi connectivity index (χ0) is 4.12. The van der Waals surface area contributed by atoms with Crippen molar-refractivity contribution in [3.8, 4) is 6.19 Å². The average molecular weight is 94.0 g/mol. The molecule has 0 unspecified atom stereocenters. The number of nitrogens with zero attached hydrogens (tertiary/aromatic N) is 1. The van der Waals surface area contributed by atoms with Crippen molar-refractivity contribution in [2.24, 2.45) is 0 Å². The third-order valence-corrected chi connectivity index (χ3v) is 0.123. The Morgan fingerprint density at radius 1 is 1.83 bits per heavy atom. The first-order valence-electron chi connectivity index (χ1n) is 0.998. The Morgan fingerprint density at radius 3 is 2.33 bits per heavy atom. The van der Waals surface area contributed by atoms with E-state index in [1.807, 2.05) is 0 Å². The summed E-state index contributed by atoms with van der Waals surface area (Å²) in [6.07, 6.45) is 1.72. The van der Waals surface area contributed by atoms with Crippen LogP contribution in [-0.4, -0.2) is 36.0 Å². The monoisotopic (exact) mass is 94.0 g/mol. The maximum absolute atomic E-state index is 9.07. The molecule has 0 saturated carbocycles. The van der Waals surface area contributed by atoms with Gasteiger partial charge < -0.3 is 0 Å². The number of carbonyl (C=O) groups is 1. The second kappa shape index (κ2) is 8.88. The zero-order valence-electron chi connectivity index (χ0n) is 2.43. The van der Waals surface area contributed by atoms with E-state index in [4.69, 9.17) is 10.1 Å². The Kier molecular flexibility index (Phi) is 13.8. The van der Waals surface area contributed by atoms with Gasteiger partial charge in [0.25, 0.3) is 0 Å². The average Bonchev–Trinajstić information content (AvgIpc) is 1.41. The van der Waals surface area contributed by atoms with Crippen LogP contribution in [0.5, 0.6) is 0 Å². The van der Waals surface area contributed by atoms with Crippen LogP contribution in [0.25, 0.3) is 0 Å². The summed E-state index contributed by atoms with van der Waals surface area (Å²) in [5, 5.41) is 9.21. The minimum atomic E-state index is 0. The molecule has 6 heavy (non-hydrogen) atoms. The summed E-state index contributed by atoms with van der Waals surface area (Å²) >= 11 is 0. The van der Waals surface area contributed by atoms with Crippen molar-refractivity contribution in [3.63, 3.8) is 0 Å². The Hall–Kier alpha value is -0.0400. The Morgan fingerprint density at radius 2 is 2.33 bits per heavy atom. The molecule has 0 aliphatic rings. The number of nitrogens with one attached hydrogen (secondary N) is 1. The fourth-order valence-electron chi connectivity index (χ4n) is 0.0264. The number of carbonyl (C=O) groups excluding carboxylic acids is 1. The number of hydrogen-bond donors (Lipinski definition) is 1. The van der Waals surface area contributed by atoms with Crippen molar-refractivity contribution in [1.29, 1.82) is 5.26 Å². The summed E-state index contributed by atoms with van der Waals surface area (Å²) in [7, 11) is 0. The second-order valence-corrected chi connectivity index (χ2v) is 0.374. The number of nitriles is 1. The molecule has 4 heteroatoms. The summed E-state index contributed by atoms with van der Waals surface area (Å²) in [6.45, 7) is 0. The first kappa shape index (κ1) is 9.35. The van der Waals surface area contributed by atoms with Crippen LogP contribution in [0.2, 0.25) is 0 Å². The molecule has 1 amide bonds. The molecule has 0 heterocycles. The van der Waals surface area contributed by atoms with Crippen LogP contribution in [0, 0.1) is 11.5 Å². The van der Waals surface area contributed by atoms with Crippen LogP contribution in [0.1, 0.15) is 0 Å². The molecule has 0 aromatic heterocycles. The molecule has 1 N–H and O–H groups in total. The van der Waals surface area contributed by atoms with Gasteiger partial charge in [0.1, 0.15) is 0 Å². The van der Waals surface area contributed by atoms with Gasteiger partial charge in [-0.3, -0.25) is 10.1 Å². The van der Waals surface area contributed by atoms with E-state index < -0.39 is 0 Å². The summed E-state index contributed by atoms with van der Waals surface area (Å²) in [6, 6.07) is 0.